The Labute approximate surface area is 513 Å². The van der Waals surface area contributed by atoms with Crippen LogP contribution < -0.4 is 0 Å². The van der Waals surface area contributed by atoms with Gasteiger partial charge in [0.2, 0.25) is 0 Å². The quantitative estimate of drug-likeness (QED) is 0.0175. The second kappa shape index (κ2) is 57.6. The number of aliphatic hydroxyl groups excluding tert-OH is 3. The van der Waals surface area contributed by atoms with Crippen molar-refractivity contribution in [3.63, 3.8) is 0 Å². The van der Waals surface area contributed by atoms with Crippen LogP contribution in [-0.4, -0.2) is 105 Å². The van der Waals surface area contributed by atoms with Crippen LogP contribution in [0.1, 0.15) is 218 Å². The monoisotopic (exact) mass is 1250 g/mol. The van der Waals surface area contributed by atoms with Gasteiger partial charge >= 0.3 is 5.97 Å². The molecule has 1 saturated heterocycles. The van der Waals surface area contributed by atoms with E-state index in [0.717, 1.165) is 43.8 Å². The molecule has 0 aliphatic carbocycles. The lowest BCUT2D eigenvalue weighted by Gasteiger charge is -2.22. The number of aromatic hydroxyl groups is 2. The lowest BCUT2D eigenvalue weighted by molar-refractivity contribution is -0.143. The van der Waals surface area contributed by atoms with Crippen molar-refractivity contribution in [2.75, 3.05) is 61.8 Å². The first kappa shape index (κ1) is 85.6. The van der Waals surface area contributed by atoms with E-state index in [1.54, 1.807) is 30.3 Å². The number of carbonyl (C=O) groups excluding carboxylic acids is 2. The lowest BCUT2D eigenvalue weighted by atomic mass is 9.98. The largest absolute Gasteiger partial charge is 0.507 e. The number of hydrogen-bond donors (Lipinski definition) is 5. The number of benzene rings is 3. The average molecular weight is 1250 g/mol. The topological polar surface area (TPSA) is 154 Å². The number of halogens is 4. The molecule has 3 aromatic rings. The van der Waals surface area contributed by atoms with Crippen molar-refractivity contribution < 1.29 is 44.6 Å². The van der Waals surface area contributed by atoms with Crippen molar-refractivity contribution in [3.05, 3.63) is 90.4 Å². The maximum atomic E-state index is 12.6. The molecule has 0 amide bonds. The standard InChI is InChI=1S/C19H36O3S.C18H20O4S.C12H14Cl4O2S2.C6H14.C2H6.4CH4/c1-2-3-4-5-6-7-8-12-19(20)22-15-17-23-16-13-18-11-9-10-14-21-18;1-2-17(23-9-8-19)13-10-14(16(21)11-15(13)20)18(22)12-6-4-3-5-7-12;13-9-7(5-19-3-1-17)10(14)12(16)8(11(9)15)6-20-4-2-18;1-3-5-6-4-2;1-2;;;;/h18H,2-17H2,1H3;3-7,10-11,17,19-21H,2,8-9H2,1H3;17-18H,1-6H2;3-6H2,1-2H3;1-2H3;4*1H4. The van der Waals surface area contributed by atoms with Crippen molar-refractivity contribution in [2.45, 2.75) is 203 Å². The molecule has 1 fully saturated rings. The maximum absolute atomic E-state index is 12.6. The SMILES string of the molecule is C.C.C.C.CC.CCC(SCCO)c1cc(C(=O)c2ccccc2)c(O)cc1O.CCCCCC.CCCCCCCCCC(=O)OCCSCCC1CCCCO1.OCCSCc1c(Cl)c(Cl)c(CSCCO)c(Cl)c1Cl. The van der Waals surface area contributed by atoms with Crippen LogP contribution in [0.25, 0.3) is 0 Å². The molecule has 0 saturated carbocycles. The minimum atomic E-state index is -0.286. The molecule has 0 aromatic heterocycles. The summed E-state index contributed by atoms with van der Waals surface area (Å²) < 4.78 is 11.0. The molecule has 1 heterocycles. The lowest BCUT2D eigenvalue weighted by Crippen LogP contribution is -2.19. The summed E-state index contributed by atoms with van der Waals surface area (Å²) in [6, 6.07) is 11.5. The van der Waals surface area contributed by atoms with Gasteiger partial charge in [0.15, 0.2) is 5.78 Å². The van der Waals surface area contributed by atoms with Gasteiger partial charge in [-0.05, 0) is 50.3 Å². The molecule has 1 aliphatic heterocycles. The molecule has 2 atom stereocenters. The fraction of sp³-hybridized carbons (Fsp3) is 0.672. The van der Waals surface area contributed by atoms with E-state index in [0.29, 0.717) is 90.2 Å². The van der Waals surface area contributed by atoms with Crippen molar-refractivity contribution >= 4 is 105 Å². The average Bonchev–Trinajstić information content (AvgIpc) is 3.42. The van der Waals surface area contributed by atoms with Crippen LogP contribution in [0.2, 0.25) is 20.1 Å². The molecular formula is C61H106Cl4O9S4. The zero-order valence-electron chi connectivity index (χ0n) is 45.2. The predicted octanol–water partition coefficient (Wildman–Crippen LogP) is 19.8. The minimum Gasteiger partial charge on any atom is -0.507 e. The number of ketones is 1. The van der Waals surface area contributed by atoms with E-state index in [1.165, 1.54) is 118 Å². The molecule has 1 aliphatic rings. The predicted molar refractivity (Wildman–Crippen MR) is 352 cm³/mol. The first-order chi connectivity index (χ1) is 35.9. The summed E-state index contributed by atoms with van der Waals surface area (Å²) in [7, 11) is 0. The van der Waals surface area contributed by atoms with E-state index in [2.05, 4.69) is 20.8 Å². The van der Waals surface area contributed by atoms with Crippen molar-refractivity contribution in [2.24, 2.45) is 0 Å². The molecular weight excluding hydrogens is 1150 g/mol. The van der Waals surface area contributed by atoms with Gasteiger partial charge in [0.25, 0.3) is 0 Å². The van der Waals surface area contributed by atoms with Crippen molar-refractivity contribution in [1.82, 2.24) is 0 Å². The Balaban J connectivity index is -0.000000312. The fourth-order valence-corrected chi connectivity index (χ4v) is 12.1. The molecule has 3 aromatic carbocycles. The molecule has 4 rings (SSSR count). The van der Waals surface area contributed by atoms with Crippen molar-refractivity contribution in [1.29, 1.82) is 0 Å². The van der Waals surface area contributed by atoms with E-state index in [-0.39, 0.29) is 83.6 Å². The summed E-state index contributed by atoms with van der Waals surface area (Å²) in [6.07, 6.45) is 20.9. The number of carbonyl (C=O) groups is 2. The van der Waals surface area contributed by atoms with Gasteiger partial charge in [-0.3, -0.25) is 9.59 Å². The Morgan fingerprint density at radius 3 is 1.62 bits per heavy atom. The Morgan fingerprint density at radius 2 is 1.14 bits per heavy atom. The highest BCUT2D eigenvalue weighted by Gasteiger charge is 2.22. The molecule has 9 nitrogen and oxygen atoms in total. The number of phenols is 2. The van der Waals surface area contributed by atoms with E-state index in [1.807, 2.05) is 38.6 Å². The summed E-state index contributed by atoms with van der Waals surface area (Å²) in [5.41, 5.74) is 2.64. The third-order valence-corrected chi connectivity index (χ3v) is 17.4. The number of rotatable bonds is 32. The molecule has 0 spiro atoms. The van der Waals surface area contributed by atoms with Gasteiger partial charge in [-0.15, -0.1) is 0 Å². The normalized spacial score (nSPS) is 12.5. The van der Waals surface area contributed by atoms with Gasteiger partial charge in [-0.25, -0.2) is 0 Å². The Morgan fingerprint density at radius 1 is 0.641 bits per heavy atom. The van der Waals surface area contributed by atoms with Crippen LogP contribution >= 0.6 is 93.5 Å². The Bertz CT molecular complexity index is 1810. The Kier molecular flexibility index (Phi) is 63.2. The number of aliphatic hydroxyl groups is 3. The second-order valence-corrected chi connectivity index (χ2v) is 23.3. The van der Waals surface area contributed by atoms with Gasteiger partial charge in [-0.1, -0.05) is 212 Å². The van der Waals surface area contributed by atoms with Crippen LogP contribution in [0.3, 0.4) is 0 Å². The highest BCUT2D eigenvalue weighted by molar-refractivity contribution is 7.99. The summed E-state index contributed by atoms with van der Waals surface area (Å²) >= 11 is 31.4. The van der Waals surface area contributed by atoms with Crippen LogP contribution in [0.4, 0.5) is 0 Å². The molecule has 456 valence electrons. The smallest absolute Gasteiger partial charge is 0.305 e. The number of phenolic OH excluding ortho intramolecular Hbond substituents is 2. The fourth-order valence-electron chi connectivity index (χ4n) is 7.22. The third kappa shape index (κ3) is 37.8. The van der Waals surface area contributed by atoms with Crippen LogP contribution in [0.5, 0.6) is 11.5 Å². The summed E-state index contributed by atoms with van der Waals surface area (Å²) in [4.78, 5) is 24.2. The summed E-state index contributed by atoms with van der Waals surface area (Å²) in [6.45, 7) is 14.4. The van der Waals surface area contributed by atoms with Gasteiger partial charge in [-0.2, -0.15) is 47.0 Å². The maximum Gasteiger partial charge on any atom is 0.305 e. The van der Waals surface area contributed by atoms with E-state index in [9.17, 15) is 19.8 Å². The van der Waals surface area contributed by atoms with Crippen LogP contribution in [-0.2, 0) is 25.8 Å². The molecule has 0 bridgehead atoms. The number of unbranched alkanes of at least 4 members (excludes halogenated alkanes) is 9. The first-order valence-electron chi connectivity index (χ1n) is 26.8. The Hall–Kier alpha value is -1.20. The molecule has 2 unspecified atom stereocenters. The van der Waals surface area contributed by atoms with Gasteiger partial charge in [0.05, 0.1) is 51.6 Å². The second-order valence-electron chi connectivity index (χ2n) is 17.1. The van der Waals surface area contributed by atoms with Gasteiger partial charge < -0.3 is 35.0 Å². The summed E-state index contributed by atoms with van der Waals surface area (Å²) in [5, 5.41) is 48.3. The van der Waals surface area contributed by atoms with Gasteiger partial charge in [0.1, 0.15) is 18.1 Å². The molecule has 5 N–H and O–H groups in total. The number of ether oxygens (including phenoxy) is 2. The highest BCUT2D eigenvalue weighted by Crippen LogP contribution is 2.44. The minimum absolute atomic E-state index is 0. The van der Waals surface area contributed by atoms with Crippen LogP contribution in [0, 0.1) is 0 Å². The molecule has 78 heavy (non-hydrogen) atoms. The third-order valence-electron chi connectivity index (χ3n) is 11.3. The summed E-state index contributed by atoms with van der Waals surface area (Å²) in [5.74, 6) is 4.26. The van der Waals surface area contributed by atoms with E-state index >= 15 is 0 Å². The van der Waals surface area contributed by atoms with Gasteiger partial charge in [0, 0.05) is 81.1 Å². The number of hydrogen-bond acceptors (Lipinski definition) is 13. The van der Waals surface area contributed by atoms with Crippen molar-refractivity contribution in [3.8, 4) is 11.5 Å². The molecule has 0 radical (unpaired) electrons. The van der Waals surface area contributed by atoms with Crippen LogP contribution in [0.15, 0.2) is 42.5 Å². The first-order valence-corrected chi connectivity index (χ1v) is 32.8. The zero-order chi connectivity index (χ0) is 55.4. The highest BCUT2D eigenvalue weighted by atomic mass is 35.5. The van der Waals surface area contributed by atoms with E-state index < -0.39 is 0 Å². The zero-order valence-corrected chi connectivity index (χ0v) is 51.5. The molecule has 17 heteroatoms. The number of thioether (sulfide) groups is 4. The van der Waals surface area contributed by atoms with E-state index in [4.69, 9.17) is 71.2 Å². The number of esters is 1.